The highest BCUT2D eigenvalue weighted by Gasteiger charge is 2.20. The van der Waals surface area contributed by atoms with E-state index in [9.17, 15) is 0 Å². The van der Waals surface area contributed by atoms with Gasteiger partial charge in [-0.2, -0.15) is 0 Å². The molecule has 0 aliphatic heterocycles. The molecule has 0 saturated heterocycles. The molecule has 0 amide bonds. The number of hydrogen-bond donors (Lipinski definition) is 0. The molecular formula is C17H25ClN2O. The second-order valence-electron chi connectivity index (χ2n) is 5.91. The van der Waals surface area contributed by atoms with Gasteiger partial charge in [0.25, 0.3) is 0 Å². The van der Waals surface area contributed by atoms with Gasteiger partial charge in [0.05, 0.1) is 23.5 Å². The van der Waals surface area contributed by atoms with E-state index in [4.69, 9.17) is 21.3 Å². The van der Waals surface area contributed by atoms with Crippen LogP contribution in [0.2, 0.25) is 0 Å². The third kappa shape index (κ3) is 3.34. The number of aromatic nitrogens is 2. The topological polar surface area (TPSA) is 27.1 Å². The largest absolute Gasteiger partial charge is 0.497 e. The molecule has 1 heterocycles. The van der Waals surface area contributed by atoms with E-state index in [0.29, 0.717) is 12.0 Å². The Kier molecular flexibility index (Phi) is 5.15. The van der Waals surface area contributed by atoms with Crippen molar-refractivity contribution in [2.45, 2.75) is 52.0 Å². The summed E-state index contributed by atoms with van der Waals surface area (Å²) in [7, 11) is 1.68. The first-order chi connectivity index (χ1) is 9.97. The van der Waals surface area contributed by atoms with Gasteiger partial charge in [-0.05, 0) is 38.3 Å². The highest BCUT2D eigenvalue weighted by atomic mass is 35.5. The van der Waals surface area contributed by atoms with E-state index < -0.39 is 0 Å². The summed E-state index contributed by atoms with van der Waals surface area (Å²) >= 11 is 6.35. The lowest BCUT2D eigenvalue weighted by molar-refractivity contribution is 0.396. The maximum atomic E-state index is 6.35. The van der Waals surface area contributed by atoms with Gasteiger partial charge >= 0.3 is 0 Å². The molecule has 0 fully saturated rings. The summed E-state index contributed by atoms with van der Waals surface area (Å²) < 4.78 is 7.58. The van der Waals surface area contributed by atoms with Crippen LogP contribution in [0, 0.1) is 5.92 Å². The molecule has 116 valence electrons. The third-order valence-electron chi connectivity index (χ3n) is 4.16. The van der Waals surface area contributed by atoms with Gasteiger partial charge < -0.3 is 9.30 Å². The first-order valence-electron chi connectivity index (χ1n) is 7.67. The van der Waals surface area contributed by atoms with Crippen LogP contribution in [0.25, 0.3) is 11.0 Å². The van der Waals surface area contributed by atoms with Crippen LogP contribution in [0.1, 0.15) is 57.8 Å². The number of nitrogens with zero attached hydrogens (tertiary/aromatic N) is 2. The Labute approximate surface area is 132 Å². The fourth-order valence-electron chi connectivity index (χ4n) is 2.82. The standard InChI is InChI=1S/C17H25ClN2O/c1-6-11(2)9-12(3)20-16-8-7-14(21-5)10-15(16)19-17(20)13(4)18/h7-8,10-13H,6,9H2,1-5H3. The number of rotatable bonds is 6. The van der Waals surface area contributed by atoms with Crippen molar-refractivity contribution in [2.75, 3.05) is 7.11 Å². The smallest absolute Gasteiger partial charge is 0.127 e. The molecule has 1 aromatic carbocycles. The zero-order valence-corrected chi connectivity index (χ0v) is 14.3. The number of methoxy groups -OCH3 is 1. The van der Waals surface area contributed by atoms with E-state index in [1.54, 1.807) is 7.11 Å². The van der Waals surface area contributed by atoms with Crippen molar-refractivity contribution >= 4 is 22.6 Å². The monoisotopic (exact) mass is 308 g/mol. The minimum atomic E-state index is -0.109. The fourth-order valence-corrected chi connectivity index (χ4v) is 2.98. The van der Waals surface area contributed by atoms with E-state index in [1.165, 1.54) is 6.42 Å². The van der Waals surface area contributed by atoms with Crippen LogP contribution < -0.4 is 4.74 Å². The lowest BCUT2D eigenvalue weighted by Gasteiger charge is -2.21. The molecule has 0 saturated carbocycles. The number of halogens is 1. The summed E-state index contributed by atoms with van der Waals surface area (Å²) in [5.74, 6) is 2.46. The zero-order chi connectivity index (χ0) is 15.6. The quantitative estimate of drug-likeness (QED) is 0.673. The lowest BCUT2D eigenvalue weighted by atomic mass is 10.00. The van der Waals surface area contributed by atoms with Crippen molar-refractivity contribution in [3.8, 4) is 5.75 Å². The van der Waals surface area contributed by atoms with E-state index >= 15 is 0 Å². The molecule has 3 unspecified atom stereocenters. The van der Waals surface area contributed by atoms with Crippen LogP contribution in [0.15, 0.2) is 18.2 Å². The summed E-state index contributed by atoms with van der Waals surface area (Å²) in [4.78, 5) is 4.73. The van der Waals surface area contributed by atoms with Crippen molar-refractivity contribution < 1.29 is 4.74 Å². The van der Waals surface area contributed by atoms with E-state index in [0.717, 1.165) is 29.0 Å². The fraction of sp³-hybridized carbons (Fsp3) is 0.588. The number of ether oxygens (including phenoxy) is 1. The molecule has 0 radical (unpaired) electrons. The highest BCUT2D eigenvalue weighted by molar-refractivity contribution is 6.20. The number of alkyl halides is 1. The van der Waals surface area contributed by atoms with Crippen LogP contribution >= 0.6 is 11.6 Å². The van der Waals surface area contributed by atoms with Crippen molar-refractivity contribution in [1.82, 2.24) is 9.55 Å². The van der Waals surface area contributed by atoms with Crippen LogP contribution in [0.5, 0.6) is 5.75 Å². The molecule has 0 aliphatic carbocycles. The summed E-state index contributed by atoms with van der Waals surface area (Å²) in [5, 5.41) is -0.109. The first-order valence-corrected chi connectivity index (χ1v) is 8.11. The Balaban J connectivity index is 2.50. The average Bonchev–Trinajstić information content (AvgIpc) is 2.85. The lowest BCUT2D eigenvalue weighted by Crippen LogP contribution is -2.12. The van der Waals surface area contributed by atoms with Gasteiger partial charge in [0.1, 0.15) is 11.6 Å². The van der Waals surface area contributed by atoms with Gasteiger partial charge in [0.2, 0.25) is 0 Å². The SMILES string of the molecule is CCC(C)CC(C)n1c(C(C)Cl)nc2cc(OC)ccc21. The van der Waals surface area contributed by atoms with E-state index in [-0.39, 0.29) is 5.38 Å². The summed E-state index contributed by atoms with van der Waals surface area (Å²) in [6.45, 7) is 8.76. The summed E-state index contributed by atoms with van der Waals surface area (Å²) in [6.07, 6.45) is 2.32. The number of hydrogen-bond acceptors (Lipinski definition) is 2. The maximum absolute atomic E-state index is 6.35. The predicted octanol–water partition coefficient (Wildman–Crippen LogP) is 5.34. The molecule has 0 spiro atoms. The Morgan fingerprint density at radius 2 is 2.00 bits per heavy atom. The molecule has 4 heteroatoms. The van der Waals surface area contributed by atoms with Crippen LogP contribution in [0.3, 0.4) is 0 Å². The average molecular weight is 309 g/mol. The molecule has 3 nitrogen and oxygen atoms in total. The Hall–Kier alpha value is -1.22. The van der Waals surface area contributed by atoms with Gasteiger partial charge in [-0.15, -0.1) is 11.6 Å². The number of fused-ring (bicyclic) bond motifs is 1. The first kappa shape index (κ1) is 16.2. The molecule has 0 aliphatic rings. The van der Waals surface area contributed by atoms with Crippen LogP contribution in [-0.2, 0) is 0 Å². The molecule has 0 bridgehead atoms. The molecule has 0 N–H and O–H groups in total. The Morgan fingerprint density at radius 1 is 1.29 bits per heavy atom. The Morgan fingerprint density at radius 3 is 2.57 bits per heavy atom. The van der Waals surface area contributed by atoms with Crippen molar-refractivity contribution in [2.24, 2.45) is 5.92 Å². The number of imidazole rings is 1. The second kappa shape index (κ2) is 6.69. The van der Waals surface area contributed by atoms with Gasteiger partial charge in [-0.1, -0.05) is 20.3 Å². The summed E-state index contributed by atoms with van der Waals surface area (Å²) in [6, 6.07) is 6.43. The summed E-state index contributed by atoms with van der Waals surface area (Å²) in [5.41, 5.74) is 2.09. The normalized spacial score (nSPS) is 15.9. The molecule has 2 rings (SSSR count). The molecule has 3 atom stereocenters. The molecule has 2 aromatic rings. The minimum Gasteiger partial charge on any atom is -0.497 e. The van der Waals surface area contributed by atoms with Gasteiger partial charge in [-0.25, -0.2) is 4.98 Å². The van der Waals surface area contributed by atoms with Crippen molar-refractivity contribution in [3.63, 3.8) is 0 Å². The maximum Gasteiger partial charge on any atom is 0.127 e. The van der Waals surface area contributed by atoms with Crippen LogP contribution in [-0.4, -0.2) is 16.7 Å². The van der Waals surface area contributed by atoms with Gasteiger partial charge in [-0.3, -0.25) is 0 Å². The van der Waals surface area contributed by atoms with Gasteiger partial charge in [0, 0.05) is 12.1 Å². The van der Waals surface area contributed by atoms with Crippen molar-refractivity contribution in [1.29, 1.82) is 0 Å². The van der Waals surface area contributed by atoms with Crippen molar-refractivity contribution in [3.05, 3.63) is 24.0 Å². The molecular weight excluding hydrogens is 284 g/mol. The third-order valence-corrected chi connectivity index (χ3v) is 4.36. The minimum absolute atomic E-state index is 0.109. The highest BCUT2D eigenvalue weighted by Crippen LogP contribution is 2.32. The predicted molar refractivity (Wildman–Crippen MR) is 89.3 cm³/mol. The second-order valence-corrected chi connectivity index (χ2v) is 6.56. The van der Waals surface area contributed by atoms with Crippen LogP contribution in [0.4, 0.5) is 0 Å². The molecule has 21 heavy (non-hydrogen) atoms. The van der Waals surface area contributed by atoms with E-state index in [2.05, 4.69) is 31.4 Å². The van der Waals surface area contributed by atoms with E-state index in [1.807, 2.05) is 19.1 Å². The number of benzene rings is 1. The zero-order valence-electron chi connectivity index (χ0n) is 13.6. The molecule has 1 aromatic heterocycles. The Bertz CT molecular complexity index is 606. The van der Waals surface area contributed by atoms with Gasteiger partial charge in [0.15, 0.2) is 0 Å².